The molecule has 4 heteroatoms. The van der Waals surface area contributed by atoms with Crippen molar-refractivity contribution in [2.45, 2.75) is 6.04 Å². The Hall–Kier alpha value is -1.03. The van der Waals surface area contributed by atoms with Crippen molar-refractivity contribution in [1.82, 2.24) is 5.32 Å². The highest BCUT2D eigenvalue weighted by Gasteiger charge is 2.10. The average Bonchev–Trinajstić information content (AvgIpc) is 2.86. The minimum atomic E-state index is 0.219. The van der Waals surface area contributed by atoms with Crippen molar-refractivity contribution in [3.05, 3.63) is 51.7 Å². The number of thiophene rings is 1. The van der Waals surface area contributed by atoms with Gasteiger partial charge in [0.1, 0.15) is 12.4 Å². The third-order valence-corrected chi connectivity index (χ3v) is 3.48. The van der Waals surface area contributed by atoms with Gasteiger partial charge in [-0.15, -0.1) is 0 Å². The number of hydrogen-bond acceptors (Lipinski definition) is 3. The van der Waals surface area contributed by atoms with Crippen LogP contribution in [0.3, 0.4) is 0 Å². The Bertz CT molecular complexity index is 441. The molecule has 0 fully saturated rings. The Kier molecular flexibility index (Phi) is 4.42. The van der Waals surface area contributed by atoms with Crippen LogP contribution >= 0.6 is 22.9 Å². The summed E-state index contributed by atoms with van der Waals surface area (Å²) in [5.41, 5.74) is 1.26. The molecule has 1 aromatic heterocycles. The van der Waals surface area contributed by atoms with Gasteiger partial charge < -0.3 is 10.1 Å². The van der Waals surface area contributed by atoms with Crippen molar-refractivity contribution < 1.29 is 4.74 Å². The molecule has 0 amide bonds. The first-order valence-corrected chi connectivity index (χ1v) is 6.69. The van der Waals surface area contributed by atoms with Crippen LogP contribution in [0.2, 0.25) is 5.02 Å². The summed E-state index contributed by atoms with van der Waals surface area (Å²) in [6.45, 7) is 0.606. The second-order valence-electron chi connectivity index (χ2n) is 3.66. The fraction of sp³-hybridized carbons (Fsp3) is 0.231. The zero-order valence-electron chi connectivity index (χ0n) is 9.52. The molecule has 90 valence electrons. The molecule has 1 N–H and O–H groups in total. The largest absolute Gasteiger partial charge is 0.492 e. The number of benzene rings is 1. The van der Waals surface area contributed by atoms with Crippen LogP contribution in [-0.2, 0) is 0 Å². The SMILES string of the molecule is CNC(COc1ccc(Cl)cc1)c1ccsc1. The summed E-state index contributed by atoms with van der Waals surface area (Å²) in [5, 5.41) is 8.17. The Morgan fingerprint density at radius 1 is 1.29 bits per heavy atom. The summed E-state index contributed by atoms with van der Waals surface area (Å²) in [7, 11) is 1.94. The smallest absolute Gasteiger partial charge is 0.119 e. The van der Waals surface area contributed by atoms with Crippen molar-refractivity contribution >= 4 is 22.9 Å². The molecule has 0 aliphatic heterocycles. The molecule has 2 aromatic rings. The number of ether oxygens (including phenoxy) is 1. The molecule has 17 heavy (non-hydrogen) atoms. The molecule has 1 heterocycles. The highest BCUT2D eigenvalue weighted by Crippen LogP contribution is 2.19. The molecule has 2 nitrogen and oxygen atoms in total. The highest BCUT2D eigenvalue weighted by atomic mass is 35.5. The quantitative estimate of drug-likeness (QED) is 0.891. The third kappa shape index (κ3) is 3.46. The van der Waals surface area contributed by atoms with Gasteiger partial charge in [0, 0.05) is 5.02 Å². The van der Waals surface area contributed by atoms with E-state index in [9.17, 15) is 0 Å². The zero-order valence-corrected chi connectivity index (χ0v) is 11.1. The van der Waals surface area contributed by atoms with E-state index in [-0.39, 0.29) is 6.04 Å². The van der Waals surface area contributed by atoms with Gasteiger partial charge in [-0.1, -0.05) is 11.6 Å². The van der Waals surface area contributed by atoms with Crippen molar-refractivity contribution in [3.8, 4) is 5.75 Å². The van der Waals surface area contributed by atoms with Crippen LogP contribution in [0, 0.1) is 0 Å². The molecule has 2 rings (SSSR count). The van der Waals surface area contributed by atoms with Crippen LogP contribution in [0.25, 0.3) is 0 Å². The Morgan fingerprint density at radius 2 is 2.06 bits per heavy atom. The van der Waals surface area contributed by atoms with E-state index in [2.05, 4.69) is 22.1 Å². The summed E-state index contributed by atoms with van der Waals surface area (Å²) in [5.74, 6) is 0.838. The number of halogens is 1. The number of nitrogens with one attached hydrogen (secondary N) is 1. The molecular weight excluding hydrogens is 254 g/mol. The molecule has 0 saturated heterocycles. The van der Waals surface area contributed by atoms with Crippen LogP contribution in [0.4, 0.5) is 0 Å². The number of rotatable bonds is 5. The highest BCUT2D eigenvalue weighted by molar-refractivity contribution is 7.07. The first-order valence-electron chi connectivity index (χ1n) is 5.37. The Morgan fingerprint density at radius 3 is 2.65 bits per heavy atom. The van der Waals surface area contributed by atoms with E-state index in [4.69, 9.17) is 16.3 Å². The van der Waals surface area contributed by atoms with Gasteiger partial charge in [0.25, 0.3) is 0 Å². The van der Waals surface area contributed by atoms with Gasteiger partial charge in [-0.3, -0.25) is 0 Å². The summed E-state index contributed by atoms with van der Waals surface area (Å²) >= 11 is 7.51. The van der Waals surface area contributed by atoms with Crippen LogP contribution in [0.1, 0.15) is 11.6 Å². The van der Waals surface area contributed by atoms with Crippen LogP contribution in [0.5, 0.6) is 5.75 Å². The Balaban J connectivity index is 1.94. The van der Waals surface area contributed by atoms with Crippen molar-refractivity contribution in [3.63, 3.8) is 0 Å². The van der Waals surface area contributed by atoms with Gasteiger partial charge in [-0.2, -0.15) is 11.3 Å². The molecule has 0 aliphatic rings. The lowest BCUT2D eigenvalue weighted by Crippen LogP contribution is -2.22. The maximum atomic E-state index is 5.82. The van der Waals surface area contributed by atoms with E-state index < -0.39 is 0 Å². The molecule has 1 aromatic carbocycles. The molecule has 1 unspecified atom stereocenters. The lowest BCUT2D eigenvalue weighted by atomic mass is 10.2. The molecule has 1 atom stereocenters. The molecule has 0 bridgehead atoms. The molecular formula is C13H14ClNOS. The van der Waals surface area contributed by atoms with E-state index in [0.29, 0.717) is 6.61 Å². The average molecular weight is 268 g/mol. The van der Waals surface area contributed by atoms with E-state index in [1.165, 1.54) is 5.56 Å². The van der Waals surface area contributed by atoms with E-state index in [1.54, 1.807) is 11.3 Å². The molecule has 0 aliphatic carbocycles. The maximum absolute atomic E-state index is 5.82. The lowest BCUT2D eigenvalue weighted by molar-refractivity contribution is 0.273. The summed E-state index contributed by atoms with van der Waals surface area (Å²) in [6.07, 6.45) is 0. The second kappa shape index (κ2) is 6.05. The second-order valence-corrected chi connectivity index (χ2v) is 4.88. The van der Waals surface area contributed by atoms with Gasteiger partial charge in [0.15, 0.2) is 0 Å². The Labute approximate surface area is 110 Å². The van der Waals surface area contributed by atoms with Gasteiger partial charge in [-0.25, -0.2) is 0 Å². The number of likely N-dealkylation sites (N-methyl/N-ethyl adjacent to an activating group) is 1. The molecule has 0 radical (unpaired) electrons. The fourth-order valence-electron chi connectivity index (χ4n) is 1.53. The maximum Gasteiger partial charge on any atom is 0.119 e. The summed E-state index contributed by atoms with van der Waals surface area (Å²) < 4.78 is 5.72. The molecule has 0 spiro atoms. The van der Waals surface area contributed by atoms with Crippen molar-refractivity contribution in [2.75, 3.05) is 13.7 Å². The van der Waals surface area contributed by atoms with Gasteiger partial charge >= 0.3 is 0 Å². The van der Waals surface area contributed by atoms with Gasteiger partial charge in [0.2, 0.25) is 0 Å². The van der Waals surface area contributed by atoms with Gasteiger partial charge in [-0.05, 0) is 53.7 Å². The topological polar surface area (TPSA) is 21.3 Å². The fourth-order valence-corrected chi connectivity index (χ4v) is 2.37. The van der Waals surface area contributed by atoms with Crippen LogP contribution < -0.4 is 10.1 Å². The first-order chi connectivity index (χ1) is 8.29. The third-order valence-electron chi connectivity index (χ3n) is 2.52. The van der Waals surface area contributed by atoms with Crippen molar-refractivity contribution in [2.24, 2.45) is 0 Å². The number of hydrogen-bond donors (Lipinski definition) is 1. The normalized spacial score (nSPS) is 12.4. The van der Waals surface area contributed by atoms with E-state index in [0.717, 1.165) is 10.8 Å². The van der Waals surface area contributed by atoms with E-state index in [1.807, 2.05) is 31.3 Å². The zero-order chi connectivity index (χ0) is 12.1. The van der Waals surface area contributed by atoms with Crippen LogP contribution in [-0.4, -0.2) is 13.7 Å². The standard InChI is InChI=1S/C13H14ClNOS/c1-15-13(10-6-7-17-9-10)8-16-12-4-2-11(14)3-5-12/h2-7,9,13,15H,8H2,1H3. The molecule has 0 saturated carbocycles. The minimum Gasteiger partial charge on any atom is -0.492 e. The van der Waals surface area contributed by atoms with E-state index >= 15 is 0 Å². The predicted octanol–water partition coefficient (Wildman–Crippen LogP) is 3.74. The van der Waals surface area contributed by atoms with Crippen molar-refractivity contribution in [1.29, 1.82) is 0 Å². The monoisotopic (exact) mass is 267 g/mol. The minimum absolute atomic E-state index is 0.219. The summed E-state index contributed by atoms with van der Waals surface area (Å²) in [6, 6.07) is 9.74. The predicted molar refractivity (Wildman–Crippen MR) is 73.1 cm³/mol. The first kappa shape index (κ1) is 12.4. The summed E-state index contributed by atoms with van der Waals surface area (Å²) in [4.78, 5) is 0. The lowest BCUT2D eigenvalue weighted by Gasteiger charge is -2.16. The van der Waals surface area contributed by atoms with Gasteiger partial charge in [0.05, 0.1) is 6.04 Å². The van der Waals surface area contributed by atoms with Crippen LogP contribution in [0.15, 0.2) is 41.1 Å².